The van der Waals surface area contributed by atoms with Gasteiger partial charge in [-0.2, -0.15) is 0 Å². The number of pyridine rings is 1. The molecule has 2 aromatic rings. The number of hydrogen-bond donors (Lipinski definition) is 1. The van der Waals surface area contributed by atoms with E-state index in [0.717, 1.165) is 15.9 Å². The average Bonchev–Trinajstić information content (AvgIpc) is 2.49. The lowest BCUT2D eigenvalue weighted by Crippen LogP contribution is -1.93. The maximum absolute atomic E-state index is 9.26. The van der Waals surface area contributed by atoms with Crippen LogP contribution in [0, 0.1) is 0 Å². The number of fused-ring (bicyclic) bond motifs is 1. The predicted octanol–water partition coefficient (Wildman–Crippen LogP) is 2.35. The minimum Gasteiger partial charge on any atom is -0.387 e. The highest BCUT2D eigenvalue weighted by molar-refractivity contribution is 7.16. The highest BCUT2D eigenvalue weighted by atomic mass is 32.1. The maximum Gasteiger partial charge on any atom is 0.123 e. The molecule has 1 atom stereocenters. The molecule has 2 heterocycles. The number of nitrogens with zero attached hydrogens (tertiary/aromatic N) is 1. The molecule has 0 saturated carbocycles. The lowest BCUT2D eigenvalue weighted by molar-refractivity contribution is 0.195. The van der Waals surface area contributed by atoms with E-state index in [1.54, 1.807) is 18.3 Å². The molecule has 0 saturated heterocycles. The average molecular weight is 179 g/mol. The first kappa shape index (κ1) is 7.71. The molecule has 0 spiro atoms. The second-order valence-corrected chi connectivity index (χ2v) is 3.62. The normalized spacial score (nSPS) is 13.5. The summed E-state index contributed by atoms with van der Waals surface area (Å²) in [5, 5.41) is 12.4. The molecule has 1 unspecified atom stereocenters. The van der Waals surface area contributed by atoms with Crippen LogP contribution in [0.5, 0.6) is 0 Å². The Morgan fingerprint density at radius 1 is 1.42 bits per heavy atom. The summed E-state index contributed by atoms with van der Waals surface area (Å²) in [5.41, 5.74) is 0.741. The standard InChI is InChI=1S/C9H9NOS/c1-6(11)8-3-2-7-4-5-12-9(7)10-8/h2-6,11H,1H3. The Balaban J connectivity index is 2.60. The van der Waals surface area contributed by atoms with E-state index in [4.69, 9.17) is 0 Å². The third kappa shape index (κ3) is 1.21. The summed E-state index contributed by atoms with van der Waals surface area (Å²) in [6, 6.07) is 5.87. The first-order valence-corrected chi connectivity index (χ1v) is 4.67. The van der Waals surface area contributed by atoms with Gasteiger partial charge >= 0.3 is 0 Å². The van der Waals surface area contributed by atoms with Gasteiger partial charge in [0.05, 0.1) is 11.8 Å². The first-order chi connectivity index (χ1) is 5.77. The third-order valence-corrected chi connectivity index (χ3v) is 2.59. The molecular formula is C9H9NOS. The topological polar surface area (TPSA) is 33.1 Å². The van der Waals surface area contributed by atoms with Crippen molar-refractivity contribution in [1.29, 1.82) is 0 Å². The summed E-state index contributed by atoms with van der Waals surface area (Å²) in [7, 11) is 0. The summed E-state index contributed by atoms with van der Waals surface area (Å²) < 4.78 is 0. The van der Waals surface area contributed by atoms with Gasteiger partial charge in [-0.05, 0) is 24.4 Å². The number of rotatable bonds is 1. The van der Waals surface area contributed by atoms with Crippen molar-refractivity contribution >= 4 is 21.6 Å². The van der Waals surface area contributed by atoms with Crippen LogP contribution in [0.4, 0.5) is 0 Å². The van der Waals surface area contributed by atoms with Crippen LogP contribution in [0.25, 0.3) is 10.2 Å². The molecule has 62 valence electrons. The smallest absolute Gasteiger partial charge is 0.123 e. The minimum atomic E-state index is -0.475. The lowest BCUT2D eigenvalue weighted by atomic mass is 10.2. The molecule has 0 amide bonds. The molecule has 2 aromatic heterocycles. The molecule has 0 aliphatic heterocycles. The Morgan fingerprint density at radius 3 is 3.00 bits per heavy atom. The van der Waals surface area contributed by atoms with Crippen LogP contribution in [0.2, 0.25) is 0 Å². The second-order valence-electron chi connectivity index (χ2n) is 2.73. The van der Waals surface area contributed by atoms with E-state index in [1.807, 2.05) is 23.6 Å². The zero-order chi connectivity index (χ0) is 8.55. The van der Waals surface area contributed by atoms with Crippen molar-refractivity contribution in [1.82, 2.24) is 4.98 Å². The zero-order valence-electron chi connectivity index (χ0n) is 6.69. The number of aromatic nitrogens is 1. The molecule has 2 nitrogen and oxygen atoms in total. The van der Waals surface area contributed by atoms with E-state index in [0.29, 0.717) is 0 Å². The van der Waals surface area contributed by atoms with Crippen LogP contribution in [0.3, 0.4) is 0 Å². The summed E-state index contributed by atoms with van der Waals surface area (Å²) >= 11 is 1.60. The molecule has 0 aromatic carbocycles. The van der Waals surface area contributed by atoms with Crippen molar-refractivity contribution in [3.8, 4) is 0 Å². The van der Waals surface area contributed by atoms with E-state index in [-0.39, 0.29) is 0 Å². The Bertz CT molecular complexity index is 394. The van der Waals surface area contributed by atoms with E-state index in [2.05, 4.69) is 4.98 Å². The largest absolute Gasteiger partial charge is 0.387 e. The molecule has 1 N–H and O–H groups in total. The van der Waals surface area contributed by atoms with Gasteiger partial charge in [0.25, 0.3) is 0 Å². The van der Waals surface area contributed by atoms with Gasteiger partial charge in [-0.1, -0.05) is 6.07 Å². The second kappa shape index (κ2) is 2.84. The molecule has 0 fully saturated rings. The first-order valence-electron chi connectivity index (χ1n) is 3.79. The van der Waals surface area contributed by atoms with Gasteiger partial charge in [0.2, 0.25) is 0 Å². The fraction of sp³-hybridized carbons (Fsp3) is 0.222. The highest BCUT2D eigenvalue weighted by Gasteiger charge is 2.03. The van der Waals surface area contributed by atoms with Crippen molar-refractivity contribution in [3.05, 3.63) is 29.3 Å². The van der Waals surface area contributed by atoms with Gasteiger partial charge in [0, 0.05) is 5.39 Å². The summed E-state index contributed by atoms with van der Waals surface area (Å²) in [6.07, 6.45) is -0.475. The molecule has 12 heavy (non-hydrogen) atoms. The maximum atomic E-state index is 9.26. The lowest BCUT2D eigenvalue weighted by Gasteiger charge is -2.01. The van der Waals surface area contributed by atoms with E-state index < -0.39 is 6.10 Å². The van der Waals surface area contributed by atoms with Crippen molar-refractivity contribution in [2.45, 2.75) is 13.0 Å². The molecule has 0 aliphatic rings. The van der Waals surface area contributed by atoms with Crippen molar-refractivity contribution in [2.24, 2.45) is 0 Å². The van der Waals surface area contributed by atoms with Crippen molar-refractivity contribution in [2.75, 3.05) is 0 Å². The molecule has 0 bridgehead atoms. The van der Waals surface area contributed by atoms with Crippen LogP contribution in [-0.2, 0) is 0 Å². The third-order valence-electron chi connectivity index (χ3n) is 1.77. The summed E-state index contributed by atoms with van der Waals surface area (Å²) in [4.78, 5) is 5.30. The van der Waals surface area contributed by atoms with Crippen LogP contribution < -0.4 is 0 Å². The van der Waals surface area contributed by atoms with Gasteiger partial charge in [-0.25, -0.2) is 4.98 Å². The fourth-order valence-electron chi connectivity index (χ4n) is 1.09. The molecular weight excluding hydrogens is 170 g/mol. The minimum absolute atomic E-state index is 0.475. The predicted molar refractivity (Wildman–Crippen MR) is 50.3 cm³/mol. The van der Waals surface area contributed by atoms with Crippen LogP contribution in [-0.4, -0.2) is 10.1 Å². The molecule has 3 heteroatoms. The summed E-state index contributed by atoms with van der Waals surface area (Å²) in [6.45, 7) is 1.72. The monoisotopic (exact) mass is 179 g/mol. The van der Waals surface area contributed by atoms with Crippen LogP contribution in [0.1, 0.15) is 18.7 Å². The van der Waals surface area contributed by atoms with E-state index in [1.165, 1.54) is 0 Å². The zero-order valence-corrected chi connectivity index (χ0v) is 7.51. The van der Waals surface area contributed by atoms with Gasteiger partial charge in [-0.3, -0.25) is 0 Å². The van der Waals surface area contributed by atoms with Gasteiger partial charge in [0.1, 0.15) is 4.83 Å². The SMILES string of the molecule is CC(O)c1ccc2ccsc2n1. The number of aliphatic hydroxyl groups is 1. The van der Waals surface area contributed by atoms with Gasteiger partial charge in [-0.15, -0.1) is 11.3 Å². The number of aliphatic hydroxyl groups excluding tert-OH is 1. The Morgan fingerprint density at radius 2 is 2.25 bits per heavy atom. The Hall–Kier alpha value is -0.930. The number of hydrogen-bond acceptors (Lipinski definition) is 3. The van der Waals surface area contributed by atoms with Gasteiger partial charge < -0.3 is 5.11 Å². The number of thiophene rings is 1. The molecule has 0 radical (unpaired) electrons. The Kier molecular flexibility index (Phi) is 1.83. The van der Waals surface area contributed by atoms with Crippen LogP contribution >= 0.6 is 11.3 Å². The quantitative estimate of drug-likeness (QED) is 0.729. The van der Waals surface area contributed by atoms with Crippen molar-refractivity contribution < 1.29 is 5.11 Å². The van der Waals surface area contributed by atoms with Crippen LogP contribution in [0.15, 0.2) is 23.6 Å². The van der Waals surface area contributed by atoms with Gasteiger partial charge in [0.15, 0.2) is 0 Å². The van der Waals surface area contributed by atoms with Crippen molar-refractivity contribution in [3.63, 3.8) is 0 Å². The molecule has 2 rings (SSSR count). The van der Waals surface area contributed by atoms with E-state index >= 15 is 0 Å². The fourth-order valence-corrected chi connectivity index (χ4v) is 1.87. The van der Waals surface area contributed by atoms with E-state index in [9.17, 15) is 5.11 Å². The summed E-state index contributed by atoms with van der Waals surface area (Å²) in [5.74, 6) is 0. The highest BCUT2D eigenvalue weighted by Crippen LogP contribution is 2.20. The molecule has 0 aliphatic carbocycles. The Labute approximate surface area is 74.5 Å².